The van der Waals surface area contributed by atoms with Gasteiger partial charge in [-0.05, 0) is 6.92 Å². The minimum absolute atomic E-state index is 0.110. The Kier molecular flexibility index (Phi) is 4.67. The molecule has 0 atom stereocenters. The summed E-state index contributed by atoms with van der Waals surface area (Å²) >= 11 is 0. The molecular formula is C10H20N4O2S. The van der Waals surface area contributed by atoms with Crippen LogP contribution in [0, 0.1) is 6.92 Å². The summed E-state index contributed by atoms with van der Waals surface area (Å²) in [4.78, 5) is 0. The van der Waals surface area contributed by atoms with Gasteiger partial charge in [0.2, 0.25) is 10.0 Å². The SMILES string of the molecule is Cc1c(CNCCS(=O)(=O)N(C)C)cnn1C. The van der Waals surface area contributed by atoms with E-state index in [0.29, 0.717) is 13.1 Å². The molecule has 0 spiro atoms. The molecule has 1 N–H and O–H groups in total. The molecule has 17 heavy (non-hydrogen) atoms. The van der Waals surface area contributed by atoms with Crippen molar-refractivity contribution in [3.8, 4) is 0 Å². The van der Waals surface area contributed by atoms with E-state index in [0.717, 1.165) is 11.3 Å². The lowest BCUT2D eigenvalue weighted by molar-refractivity contribution is 0.517. The van der Waals surface area contributed by atoms with Crippen molar-refractivity contribution in [2.24, 2.45) is 7.05 Å². The van der Waals surface area contributed by atoms with E-state index in [1.165, 1.54) is 4.31 Å². The quantitative estimate of drug-likeness (QED) is 0.714. The van der Waals surface area contributed by atoms with E-state index in [-0.39, 0.29) is 5.75 Å². The van der Waals surface area contributed by atoms with Crippen LogP contribution in [-0.4, -0.2) is 48.9 Å². The topological polar surface area (TPSA) is 67.2 Å². The summed E-state index contributed by atoms with van der Waals surface area (Å²) in [7, 11) is 1.86. The molecule has 0 saturated carbocycles. The highest BCUT2D eigenvalue weighted by Crippen LogP contribution is 2.04. The van der Waals surface area contributed by atoms with Gasteiger partial charge < -0.3 is 5.32 Å². The zero-order valence-electron chi connectivity index (χ0n) is 10.8. The Morgan fingerprint density at radius 1 is 1.47 bits per heavy atom. The predicted molar refractivity (Wildman–Crippen MR) is 67.1 cm³/mol. The molecule has 0 fully saturated rings. The first-order chi connectivity index (χ1) is 7.84. The van der Waals surface area contributed by atoms with Crippen molar-refractivity contribution >= 4 is 10.0 Å². The first kappa shape index (κ1) is 14.1. The molecule has 7 heteroatoms. The second-order valence-corrected chi connectivity index (χ2v) is 6.46. The Bertz CT molecular complexity index is 465. The molecule has 1 aromatic heterocycles. The fourth-order valence-electron chi connectivity index (χ4n) is 1.32. The Morgan fingerprint density at radius 3 is 2.59 bits per heavy atom. The lowest BCUT2D eigenvalue weighted by atomic mass is 10.2. The Hall–Kier alpha value is -0.920. The molecule has 1 aromatic rings. The summed E-state index contributed by atoms with van der Waals surface area (Å²) in [5, 5.41) is 7.23. The normalized spacial score (nSPS) is 12.3. The summed E-state index contributed by atoms with van der Waals surface area (Å²) in [6.07, 6.45) is 1.79. The molecular weight excluding hydrogens is 240 g/mol. The lowest BCUT2D eigenvalue weighted by Crippen LogP contribution is -2.31. The molecule has 0 aliphatic heterocycles. The zero-order valence-corrected chi connectivity index (χ0v) is 11.6. The number of sulfonamides is 1. The van der Waals surface area contributed by atoms with Gasteiger partial charge in [-0.3, -0.25) is 4.68 Å². The fraction of sp³-hybridized carbons (Fsp3) is 0.700. The zero-order chi connectivity index (χ0) is 13.1. The van der Waals surface area contributed by atoms with Crippen LogP contribution in [0.3, 0.4) is 0 Å². The summed E-state index contributed by atoms with van der Waals surface area (Å²) < 4.78 is 26.0. The number of rotatable bonds is 6. The van der Waals surface area contributed by atoms with Gasteiger partial charge >= 0.3 is 0 Å². The second kappa shape index (κ2) is 5.61. The maximum Gasteiger partial charge on any atom is 0.214 e. The van der Waals surface area contributed by atoms with Gasteiger partial charge in [-0.2, -0.15) is 5.10 Å². The van der Waals surface area contributed by atoms with Crippen LogP contribution in [0.25, 0.3) is 0 Å². The summed E-state index contributed by atoms with van der Waals surface area (Å²) in [5.41, 5.74) is 2.18. The predicted octanol–water partition coefficient (Wildman–Crippen LogP) is -0.290. The lowest BCUT2D eigenvalue weighted by Gasteiger charge is -2.11. The molecule has 0 radical (unpaired) electrons. The van der Waals surface area contributed by atoms with Gasteiger partial charge in [0.25, 0.3) is 0 Å². The summed E-state index contributed by atoms with van der Waals surface area (Å²) in [5.74, 6) is 0.110. The van der Waals surface area contributed by atoms with Crippen molar-refractivity contribution in [2.45, 2.75) is 13.5 Å². The molecule has 0 aromatic carbocycles. The summed E-state index contributed by atoms with van der Waals surface area (Å²) in [6.45, 7) is 3.07. The molecule has 1 rings (SSSR count). The Balaban J connectivity index is 2.37. The van der Waals surface area contributed by atoms with Crippen molar-refractivity contribution in [3.63, 3.8) is 0 Å². The van der Waals surface area contributed by atoms with Crippen LogP contribution in [0.5, 0.6) is 0 Å². The van der Waals surface area contributed by atoms with Crippen LogP contribution in [0.4, 0.5) is 0 Å². The first-order valence-corrected chi connectivity index (χ1v) is 7.04. The average Bonchev–Trinajstić information content (AvgIpc) is 2.55. The molecule has 0 aliphatic carbocycles. The van der Waals surface area contributed by atoms with Crippen LogP contribution in [0.2, 0.25) is 0 Å². The highest BCUT2D eigenvalue weighted by Gasteiger charge is 2.12. The van der Waals surface area contributed by atoms with Gasteiger partial charge in [-0.25, -0.2) is 12.7 Å². The molecule has 0 aliphatic rings. The maximum atomic E-state index is 11.5. The highest BCUT2D eigenvalue weighted by atomic mass is 32.2. The standard InChI is InChI=1S/C10H20N4O2S/c1-9-10(8-12-14(9)4)7-11-5-6-17(15,16)13(2)3/h8,11H,5-7H2,1-4H3. The average molecular weight is 260 g/mol. The molecule has 6 nitrogen and oxygen atoms in total. The minimum Gasteiger partial charge on any atom is -0.311 e. The summed E-state index contributed by atoms with van der Waals surface area (Å²) in [6, 6.07) is 0. The fourth-order valence-corrected chi connectivity index (χ4v) is 2.09. The van der Waals surface area contributed by atoms with Gasteiger partial charge in [0, 0.05) is 45.5 Å². The second-order valence-electron chi connectivity index (χ2n) is 4.15. The van der Waals surface area contributed by atoms with Gasteiger partial charge in [0.05, 0.1) is 11.9 Å². The van der Waals surface area contributed by atoms with E-state index in [4.69, 9.17) is 0 Å². The van der Waals surface area contributed by atoms with Crippen molar-refractivity contribution < 1.29 is 8.42 Å². The number of hydrogen-bond donors (Lipinski definition) is 1. The van der Waals surface area contributed by atoms with E-state index in [9.17, 15) is 8.42 Å². The third-order valence-corrected chi connectivity index (χ3v) is 4.58. The van der Waals surface area contributed by atoms with Crippen LogP contribution in [0.1, 0.15) is 11.3 Å². The van der Waals surface area contributed by atoms with Crippen molar-refractivity contribution in [1.29, 1.82) is 0 Å². The highest BCUT2D eigenvalue weighted by molar-refractivity contribution is 7.89. The number of aryl methyl sites for hydroxylation is 1. The first-order valence-electron chi connectivity index (χ1n) is 5.43. The number of nitrogens with one attached hydrogen (secondary N) is 1. The van der Waals surface area contributed by atoms with E-state index in [1.807, 2.05) is 14.0 Å². The van der Waals surface area contributed by atoms with E-state index in [1.54, 1.807) is 25.0 Å². The van der Waals surface area contributed by atoms with Gasteiger partial charge in [-0.15, -0.1) is 0 Å². The third kappa shape index (κ3) is 3.79. The number of nitrogens with zero attached hydrogens (tertiary/aromatic N) is 3. The molecule has 98 valence electrons. The van der Waals surface area contributed by atoms with Crippen molar-refractivity contribution in [3.05, 3.63) is 17.5 Å². The maximum absolute atomic E-state index is 11.5. The molecule has 0 bridgehead atoms. The Labute approximate surface area is 103 Å². The van der Waals surface area contributed by atoms with Crippen molar-refractivity contribution in [1.82, 2.24) is 19.4 Å². The molecule has 0 amide bonds. The largest absolute Gasteiger partial charge is 0.311 e. The van der Waals surface area contributed by atoms with Gasteiger partial charge in [0.15, 0.2) is 0 Å². The third-order valence-electron chi connectivity index (χ3n) is 2.75. The van der Waals surface area contributed by atoms with Crippen molar-refractivity contribution in [2.75, 3.05) is 26.4 Å². The molecule has 1 heterocycles. The molecule has 0 unspecified atom stereocenters. The minimum atomic E-state index is -3.11. The van der Waals surface area contributed by atoms with E-state index in [2.05, 4.69) is 10.4 Å². The van der Waals surface area contributed by atoms with Gasteiger partial charge in [0.1, 0.15) is 0 Å². The van der Waals surface area contributed by atoms with Crippen LogP contribution >= 0.6 is 0 Å². The Morgan fingerprint density at radius 2 is 2.12 bits per heavy atom. The number of aromatic nitrogens is 2. The number of hydrogen-bond acceptors (Lipinski definition) is 4. The molecule has 0 saturated heterocycles. The smallest absolute Gasteiger partial charge is 0.214 e. The van der Waals surface area contributed by atoms with Gasteiger partial charge in [-0.1, -0.05) is 0 Å². The van der Waals surface area contributed by atoms with Crippen LogP contribution in [-0.2, 0) is 23.6 Å². The van der Waals surface area contributed by atoms with E-state index < -0.39 is 10.0 Å². The van der Waals surface area contributed by atoms with Crippen LogP contribution < -0.4 is 5.32 Å². The monoisotopic (exact) mass is 260 g/mol. The van der Waals surface area contributed by atoms with Crippen LogP contribution in [0.15, 0.2) is 6.20 Å². The van der Waals surface area contributed by atoms with E-state index >= 15 is 0 Å².